The molecule has 0 unspecified atom stereocenters. The van der Waals surface area contributed by atoms with Crippen LogP contribution in [0.15, 0.2) is 53.4 Å². The van der Waals surface area contributed by atoms with Crippen molar-refractivity contribution in [2.24, 2.45) is 0 Å². The second-order valence-corrected chi connectivity index (χ2v) is 6.97. The molecule has 0 aliphatic carbocycles. The molecule has 6 heteroatoms. The van der Waals surface area contributed by atoms with E-state index in [9.17, 15) is 4.79 Å². The van der Waals surface area contributed by atoms with Crippen molar-refractivity contribution in [3.8, 4) is 11.5 Å². The van der Waals surface area contributed by atoms with Crippen LogP contribution in [-0.4, -0.2) is 50.4 Å². The fraction of sp³-hybridized carbons (Fsp3) is 0.350. The summed E-state index contributed by atoms with van der Waals surface area (Å²) in [4.78, 5) is 15.2. The van der Waals surface area contributed by atoms with E-state index in [0.29, 0.717) is 19.0 Å². The van der Waals surface area contributed by atoms with E-state index in [1.165, 1.54) is 11.8 Å². The lowest BCUT2D eigenvalue weighted by molar-refractivity contribution is -0.113. The zero-order valence-electron chi connectivity index (χ0n) is 15.5. The Morgan fingerprint density at radius 3 is 2.23 bits per heavy atom. The highest BCUT2D eigenvalue weighted by atomic mass is 32.2. The van der Waals surface area contributed by atoms with E-state index in [4.69, 9.17) is 9.47 Å². The van der Waals surface area contributed by atoms with E-state index in [0.717, 1.165) is 28.6 Å². The zero-order chi connectivity index (χ0) is 18.8. The first-order valence-electron chi connectivity index (χ1n) is 8.60. The lowest BCUT2D eigenvalue weighted by Gasteiger charge is -2.11. The molecule has 140 valence electrons. The molecule has 0 radical (unpaired) electrons. The number of hydrogen-bond acceptors (Lipinski definition) is 5. The quantitative estimate of drug-likeness (QED) is 0.642. The summed E-state index contributed by atoms with van der Waals surface area (Å²) in [7, 11) is 4.01. The molecule has 1 amide bonds. The van der Waals surface area contributed by atoms with Crippen molar-refractivity contribution in [2.45, 2.75) is 11.8 Å². The summed E-state index contributed by atoms with van der Waals surface area (Å²) in [6.45, 7) is 4.10. The number of thioether (sulfide) groups is 1. The van der Waals surface area contributed by atoms with Gasteiger partial charge in [0.1, 0.15) is 18.1 Å². The summed E-state index contributed by atoms with van der Waals surface area (Å²) in [6, 6.07) is 15.2. The molecule has 0 saturated heterocycles. The molecule has 5 nitrogen and oxygen atoms in total. The predicted octanol–water partition coefficient (Wildman–Crippen LogP) is 3.76. The van der Waals surface area contributed by atoms with Gasteiger partial charge in [-0.25, -0.2) is 0 Å². The number of carbonyl (C=O) groups excluding carboxylic acids is 1. The normalized spacial score (nSPS) is 10.6. The fourth-order valence-electron chi connectivity index (χ4n) is 2.13. The minimum Gasteiger partial charge on any atom is -0.494 e. The van der Waals surface area contributed by atoms with Gasteiger partial charge in [-0.3, -0.25) is 4.79 Å². The molecule has 0 saturated carbocycles. The first-order valence-corrected chi connectivity index (χ1v) is 9.58. The van der Waals surface area contributed by atoms with E-state index >= 15 is 0 Å². The number of nitrogens with one attached hydrogen (secondary N) is 1. The van der Waals surface area contributed by atoms with Crippen LogP contribution in [0.3, 0.4) is 0 Å². The minimum absolute atomic E-state index is 0.0369. The Morgan fingerprint density at radius 1 is 1.00 bits per heavy atom. The molecule has 0 spiro atoms. The highest BCUT2D eigenvalue weighted by molar-refractivity contribution is 8.00. The van der Waals surface area contributed by atoms with Gasteiger partial charge in [-0.05, 0) is 69.6 Å². The third kappa shape index (κ3) is 7.37. The molecule has 0 fully saturated rings. The van der Waals surface area contributed by atoms with Crippen molar-refractivity contribution in [3.63, 3.8) is 0 Å². The number of ether oxygens (including phenoxy) is 2. The van der Waals surface area contributed by atoms with E-state index in [2.05, 4.69) is 10.2 Å². The highest BCUT2D eigenvalue weighted by Gasteiger charge is 2.05. The summed E-state index contributed by atoms with van der Waals surface area (Å²) >= 11 is 1.49. The number of nitrogens with zero attached hydrogens (tertiary/aromatic N) is 1. The summed E-state index contributed by atoms with van der Waals surface area (Å²) in [5, 5.41) is 2.90. The third-order valence-electron chi connectivity index (χ3n) is 3.45. The molecule has 0 aliphatic heterocycles. The maximum Gasteiger partial charge on any atom is 0.234 e. The maximum atomic E-state index is 12.1. The molecular formula is C20H26N2O3S. The lowest BCUT2D eigenvalue weighted by atomic mass is 10.3. The lowest BCUT2D eigenvalue weighted by Crippen LogP contribution is -2.19. The Labute approximate surface area is 159 Å². The van der Waals surface area contributed by atoms with E-state index in [1.54, 1.807) is 0 Å². The molecular weight excluding hydrogens is 348 g/mol. The zero-order valence-corrected chi connectivity index (χ0v) is 16.3. The fourth-order valence-corrected chi connectivity index (χ4v) is 2.82. The molecule has 0 heterocycles. The van der Waals surface area contributed by atoms with Crippen molar-refractivity contribution >= 4 is 23.4 Å². The summed E-state index contributed by atoms with van der Waals surface area (Å²) in [5.41, 5.74) is 0.766. The predicted molar refractivity (Wildman–Crippen MR) is 107 cm³/mol. The standard InChI is InChI=1S/C20H26N2O3S/c1-4-24-17-9-11-19(12-10-17)26-15-20(23)21-16-5-7-18(8-6-16)25-14-13-22(2)3/h5-12H,4,13-15H2,1-3H3,(H,21,23). The number of anilines is 1. The molecule has 0 aliphatic rings. The number of likely N-dealkylation sites (N-methyl/N-ethyl adjacent to an activating group) is 1. The number of carbonyl (C=O) groups is 1. The van der Waals surface area contributed by atoms with Crippen molar-refractivity contribution in [2.75, 3.05) is 44.9 Å². The summed E-state index contributed by atoms with van der Waals surface area (Å²) < 4.78 is 11.1. The van der Waals surface area contributed by atoms with Gasteiger partial charge < -0.3 is 19.7 Å². The van der Waals surface area contributed by atoms with E-state index < -0.39 is 0 Å². The van der Waals surface area contributed by atoms with Crippen molar-refractivity contribution in [1.29, 1.82) is 0 Å². The van der Waals surface area contributed by atoms with Crippen LogP contribution in [0.2, 0.25) is 0 Å². The van der Waals surface area contributed by atoms with Gasteiger partial charge in [0.05, 0.1) is 12.4 Å². The van der Waals surface area contributed by atoms with Crippen molar-refractivity contribution < 1.29 is 14.3 Å². The smallest absolute Gasteiger partial charge is 0.234 e. The van der Waals surface area contributed by atoms with Crippen LogP contribution in [0.25, 0.3) is 0 Å². The van der Waals surface area contributed by atoms with Crippen molar-refractivity contribution in [1.82, 2.24) is 4.90 Å². The molecule has 2 aromatic carbocycles. The van der Waals surface area contributed by atoms with E-state index in [-0.39, 0.29) is 5.91 Å². The second kappa shape index (κ2) is 10.7. The van der Waals surface area contributed by atoms with Crippen molar-refractivity contribution in [3.05, 3.63) is 48.5 Å². The first-order chi connectivity index (χ1) is 12.6. The molecule has 2 rings (SSSR count). The second-order valence-electron chi connectivity index (χ2n) is 5.92. The summed E-state index contributed by atoms with van der Waals surface area (Å²) in [5.74, 6) is 1.96. The Balaban J connectivity index is 1.74. The Hall–Kier alpha value is -2.18. The summed E-state index contributed by atoms with van der Waals surface area (Å²) in [6.07, 6.45) is 0. The number of benzene rings is 2. The van der Waals surface area contributed by atoms with Crippen LogP contribution in [-0.2, 0) is 4.79 Å². The Kier molecular flexibility index (Phi) is 8.31. The molecule has 0 atom stereocenters. The van der Waals surface area contributed by atoms with Crippen LogP contribution in [0.4, 0.5) is 5.69 Å². The largest absolute Gasteiger partial charge is 0.494 e. The average Bonchev–Trinajstić information content (AvgIpc) is 2.63. The SMILES string of the molecule is CCOc1ccc(SCC(=O)Nc2ccc(OCCN(C)C)cc2)cc1. The third-order valence-corrected chi connectivity index (χ3v) is 4.46. The monoisotopic (exact) mass is 374 g/mol. The maximum absolute atomic E-state index is 12.1. The van der Waals surface area contributed by atoms with Crippen LogP contribution < -0.4 is 14.8 Å². The number of amides is 1. The van der Waals surface area contributed by atoms with Gasteiger partial charge in [-0.2, -0.15) is 0 Å². The van der Waals surface area contributed by atoms with Crippen LogP contribution in [0.1, 0.15) is 6.92 Å². The Morgan fingerprint density at radius 2 is 1.62 bits per heavy atom. The molecule has 0 aromatic heterocycles. The average molecular weight is 375 g/mol. The van der Waals surface area contributed by atoms with Gasteiger partial charge in [0.2, 0.25) is 5.91 Å². The molecule has 0 bridgehead atoms. The van der Waals surface area contributed by atoms with E-state index in [1.807, 2.05) is 69.6 Å². The van der Waals surface area contributed by atoms with Gasteiger partial charge in [0.15, 0.2) is 0 Å². The van der Waals surface area contributed by atoms with Gasteiger partial charge in [-0.1, -0.05) is 0 Å². The minimum atomic E-state index is -0.0369. The molecule has 26 heavy (non-hydrogen) atoms. The van der Waals surface area contributed by atoms with Gasteiger partial charge in [-0.15, -0.1) is 11.8 Å². The number of rotatable bonds is 10. The van der Waals surface area contributed by atoms with Gasteiger partial charge in [0.25, 0.3) is 0 Å². The topological polar surface area (TPSA) is 50.8 Å². The highest BCUT2D eigenvalue weighted by Crippen LogP contribution is 2.22. The Bertz CT molecular complexity index is 672. The number of hydrogen-bond donors (Lipinski definition) is 1. The molecule has 2 aromatic rings. The van der Waals surface area contributed by atoms with Gasteiger partial charge >= 0.3 is 0 Å². The van der Waals surface area contributed by atoms with Crippen LogP contribution >= 0.6 is 11.8 Å². The van der Waals surface area contributed by atoms with Gasteiger partial charge in [0, 0.05) is 17.1 Å². The molecule has 1 N–H and O–H groups in total. The van der Waals surface area contributed by atoms with Crippen LogP contribution in [0, 0.1) is 0 Å². The first kappa shape index (κ1) is 20.1. The van der Waals surface area contributed by atoms with Crippen LogP contribution in [0.5, 0.6) is 11.5 Å².